The molecule has 13 heteroatoms. The van der Waals surface area contributed by atoms with E-state index in [0.717, 1.165) is 0 Å². The highest BCUT2D eigenvalue weighted by molar-refractivity contribution is 5.96. The number of hydrogen-bond acceptors (Lipinski definition) is 7. The monoisotopic (exact) mass is 480 g/mol. The highest BCUT2D eigenvalue weighted by Gasteiger charge is 2.40. The van der Waals surface area contributed by atoms with Gasteiger partial charge in [0.1, 0.15) is 18.1 Å². The molecule has 3 amide bonds. The molecular formula is C21H32N6O7. The second-order valence-electron chi connectivity index (χ2n) is 8.45. The van der Waals surface area contributed by atoms with E-state index in [1.165, 1.54) is 17.4 Å². The number of aliphatic carboxylic acids is 2. The lowest BCUT2D eigenvalue weighted by molar-refractivity contribution is -0.147. The van der Waals surface area contributed by atoms with Gasteiger partial charge < -0.3 is 36.5 Å². The van der Waals surface area contributed by atoms with Crippen LogP contribution < -0.4 is 16.4 Å². The summed E-state index contributed by atoms with van der Waals surface area (Å²) in [6.45, 7) is 3.67. The number of carboxylic acids is 2. The van der Waals surface area contributed by atoms with Gasteiger partial charge in [-0.05, 0) is 18.8 Å². The topological polar surface area (TPSA) is 208 Å². The van der Waals surface area contributed by atoms with Crippen LogP contribution in [0.3, 0.4) is 0 Å². The van der Waals surface area contributed by atoms with E-state index in [2.05, 4.69) is 20.6 Å². The molecule has 34 heavy (non-hydrogen) atoms. The predicted molar refractivity (Wildman–Crippen MR) is 118 cm³/mol. The number of rotatable bonds is 12. The first-order valence-corrected chi connectivity index (χ1v) is 11.1. The van der Waals surface area contributed by atoms with Crippen LogP contribution in [0.1, 0.15) is 45.2 Å². The third kappa shape index (κ3) is 7.01. The Kier molecular flexibility index (Phi) is 9.54. The summed E-state index contributed by atoms with van der Waals surface area (Å²) in [7, 11) is 0. The molecule has 1 aromatic heterocycles. The highest BCUT2D eigenvalue weighted by atomic mass is 16.4. The van der Waals surface area contributed by atoms with Crippen molar-refractivity contribution in [2.45, 2.75) is 70.1 Å². The van der Waals surface area contributed by atoms with Crippen LogP contribution in [0, 0.1) is 5.92 Å². The summed E-state index contributed by atoms with van der Waals surface area (Å²) in [5.74, 6) is -4.92. The Morgan fingerprint density at radius 3 is 2.53 bits per heavy atom. The maximum Gasteiger partial charge on any atom is 0.326 e. The van der Waals surface area contributed by atoms with Crippen molar-refractivity contribution in [3.05, 3.63) is 18.2 Å². The summed E-state index contributed by atoms with van der Waals surface area (Å²) < 4.78 is 0. The van der Waals surface area contributed by atoms with Crippen LogP contribution in [-0.2, 0) is 30.4 Å². The fraction of sp³-hybridized carbons (Fsp3) is 0.619. The van der Waals surface area contributed by atoms with E-state index in [-0.39, 0.29) is 25.3 Å². The van der Waals surface area contributed by atoms with Crippen molar-refractivity contribution in [2.24, 2.45) is 11.7 Å². The summed E-state index contributed by atoms with van der Waals surface area (Å²) in [5.41, 5.74) is 6.48. The number of imidazole rings is 1. The first-order chi connectivity index (χ1) is 16.0. The number of nitrogens with one attached hydrogen (secondary N) is 3. The fourth-order valence-electron chi connectivity index (χ4n) is 3.82. The molecule has 0 radical (unpaired) electrons. The molecule has 1 aromatic rings. The molecule has 0 aliphatic carbocycles. The molecule has 2 rings (SSSR count). The number of nitrogens with zero attached hydrogens (tertiary/aromatic N) is 2. The van der Waals surface area contributed by atoms with Crippen molar-refractivity contribution in [2.75, 3.05) is 6.54 Å². The van der Waals surface area contributed by atoms with Gasteiger partial charge in [-0.2, -0.15) is 0 Å². The molecule has 0 aromatic carbocycles. The standard InChI is InChI=1S/C21H32N6O7/c1-3-11(2)17(21(33)34)26-19(31)15-5-4-6-27(15)20(32)14(8-16(28)29)25-18(30)13(22)7-12-9-23-10-24-12/h9-11,13-15,17H,3-8,22H2,1-2H3,(H,23,24)(H,25,30)(H,26,31)(H,28,29)(H,33,34). The summed E-state index contributed by atoms with van der Waals surface area (Å²) in [4.78, 5) is 69.3. The molecule has 1 fully saturated rings. The van der Waals surface area contributed by atoms with E-state index in [1.54, 1.807) is 13.8 Å². The minimum atomic E-state index is -1.43. The van der Waals surface area contributed by atoms with Crippen molar-refractivity contribution in [3.63, 3.8) is 0 Å². The van der Waals surface area contributed by atoms with E-state index in [9.17, 15) is 34.2 Å². The van der Waals surface area contributed by atoms with Crippen molar-refractivity contribution in [1.29, 1.82) is 0 Å². The third-order valence-corrected chi connectivity index (χ3v) is 5.94. The molecule has 0 bridgehead atoms. The van der Waals surface area contributed by atoms with Gasteiger partial charge in [-0.15, -0.1) is 0 Å². The largest absolute Gasteiger partial charge is 0.481 e. The maximum atomic E-state index is 13.2. The predicted octanol–water partition coefficient (Wildman–Crippen LogP) is -1.15. The minimum absolute atomic E-state index is 0.0980. The molecule has 0 spiro atoms. The molecular weight excluding hydrogens is 448 g/mol. The van der Waals surface area contributed by atoms with Gasteiger partial charge in [0.2, 0.25) is 17.7 Å². The van der Waals surface area contributed by atoms with Crippen molar-refractivity contribution in [1.82, 2.24) is 25.5 Å². The van der Waals surface area contributed by atoms with Gasteiger partial charge in [0.05, 0.1) is 18.8 Å². The van der Waals surface area contributed by atoms with E-state index in [4.69, 9.17) is 5.73 Å². The number of nitrogens with two attached hydrogens (primary N) is 1. The van der Waals surface area contributed by atoms with Gasteiger partial charge >= 0.3 is 11.9 Å². The number of carbonyl (C=O) groups excluding carboxylic acids is 3. The summed E-state index contributed by atoms with van der Waals surface area (Å²) >= 11 is 0. The lowest BCUT2D eigenvalue weighted by Crippen LogP contribution is -2.57. The normalized spacial score (nSPS) is 19.0. The lowest BCUT2D eigenvalue weighted by Gasteiger charge is -2.30. The van der Waals surface area contributed by atoms with Crippen LogP contribution in [0.2, 0.25) is 0 Å². The van der Waals surface area contributed by atoms with E-state index < -0.39 is 60.2 Å². The average molecular weight is 481 g/mol. The van der Waals surface area contributed by atoms with Crippen LogP contribution in [-0.4, -0.2) is 85.5 Å². The number of likely N-dealkylation sites (tertiary alicyclic amines) is 1. The SMILES string of the molecule is CCC(C)C(NC(=O)C1CCCN1C(=O)C(CC(=O)O)NC(=O)C(N)Cc1cnc[nH]1)C(=O)O. The average Bonchev–Trinajstić information content (AvgIpc) is 3.47. The third-order valence-electron chi connectivity index (χ3n) is 5.94. The van der Waals surface area contributed by atoms with Crippen molar-refractivity contribution >= 4 is 29.7 Å². The highest BCUT2D eigenvalue weighted by Crippen LogP contribution is 2.20. The summed E-state index contributed by atoms with van der Waals surface area (Å²) in [5, 5.41) is 23.6. The molecule has 5 atom stereocenters. The molecule has 5 unspecified atom stereocenters. The molecule has 0 saturated carbocycles. The Labute approximate surface area is 196 Å². The van der Waals surface area contributed by atoms with Gasteiger partial charge in [0.15, 0.2) is 0 Å². The van der Waals surface area contributed by atoms with Crippen molar-refractivity contribution < 1.29 is 34.2 Å². The molecule has 1 aliphatic heterocycles. The van der Waals surface area contributed by atoms with Gasteiger partial charge in [-0.3, -0.25) is 19.2 Å². The minimum Gasteiger partial charge on any atom is -0.481 e. The van der Waals surface area contributed by atoms with E-state index in [1.807, 2.05) is 0 Å². The maximum absolute atomic E-state index is 13.2. The second-order valence-corrected chi connectivity index (χ2v) is 8.45. The first kappa shape index (κ1) is 26.8. The van der Waals surface area contributed by atoms with Gasteiger partial charge in [0, 0.05) is 24.9 Å². The quantitative estimate of drug-likeness (QED) is 0.213. The molecule has 13 nitrogen and oxygen atoms in total. The lowest BCUT2D eigenvalue weighted by atomic mass is 9.98. The van der Waals surface area contributed by atoms with Crippen molar-refractivity contribution in [3.8, 4) is 0 Å². The molecule has 7 N–H and O–H groups in total. The smallest absolute Gasteiger partial charge is 0.326 e. The van der Waals surface area contributed by atoms with E-state index in [0.29, 0.717) is 18.5 Å². The zero-order valence-corrected chi connectivity index (χ0v) is 19.2. The Hall–Kier alpha value is -3.48. The number of amides is 3. The van der Waals surface area contributed by atoms with Crippen LogP contribution in [0.4, 0.5) is 0 Å². The summed E-state index contributed by atoms with van der Waals surface area (Å²) in [6.07, 6.45) is 3.60. The molecule has 1 aliphatic rings. The number of carbonyl (C=O) groups is 5. The van der Waals surface area contributed by atoms with Crippen LogP contribution in [0.25, 0.3) is 0 Å². The van der Waals surface area contributed by atoms with Gasteiger partial charge in [-0.25, -0.2) is 9.78 Å². The Morgan fingerprint density at radius 2 is 1.97 bits per heavy atom. The number of aromatic nitrogens is 2. The Balaban J connectivity index is 2.11. The zero-order chi connectivity index (χ0) is 25.4. The number of aromatic amines is 1. The number of carboxylic acid groups (broad SMARTS) is 2. The van der Waals surface area contributed by atoms with Gasteiger partial charge in [-0.1, -0.05) is 20.3 Å². The summed E-state index contributed by atoms with van der Waals surface area (Å²) in [6, 6.07) is -4.58. The van der Waals surface area contributed by atoms with E-state index >= 15 is 0 Å². The Bertz CT molecular complexity index is 890. The zero-order valence-electron chi connectivity index (χ0n) is 19.2. The van der Waals surface area contributed by atoms with Gasteiger partial charge in [0.25, 0.3) is 0 Å². The second kappa shape index (κ2) is 12.1. The first-order valence-electron chi connectivity index (χ1n) is 11.1. The molecule has 188 valence electrons. The Morgan fingerprint density at radius 1 is 1.26 bits per heavy atom. The molecule has 2 heterocycles. The van der Waals surface area contributed by atoms with Crippen LogP contribution in [0.15, 0.2) is 12.5 Å². The van der Waals surface area contributed by atoms with Crippen LogP contribution in [0.5, 0.6) is 0 Å². The fourth-order valence-corrected chi connectivity index (χ4v) is 3.82. The van der Waals surface area contributed by atoms with Crippen LogP contribution >= 0.6 is 0 Å². The number of H-pyrrole nitrogens is 1. The molecule has 1 saturated heterocycles. The number of hydrogen-bond donors (Lipinski definition) is 6.